The van der Waals surface area contributed by atoms with E-state index in [0.717, 1.165) is 42.9 Å². The summed E-state index contributed by atoms with van der Waals surface area (Å²) in [6.07, 6.45) is 2.08. The van der Waals surface area contributed by atoms with Gasteiger partial charge in [0.15, 0.2) is 0 Å². The second kappa shape index (κ2) is 7.97. The minimum Gasteiger partial charge on any atom is -0.342 e. The smallest absolute Gasteiger partial charge is 0.228 e. The molecule has 3 unspecified atom stereocenters. The molecule has 6 heteroatoms. The number of carbonyl (C=O) groups is 1. The van der Waals surface area contributed by atoms with Crippen LogP contribution < -0.4 is 10.9 Å². The van der Waals surface area contributed by atoms with E-state index in [-0.39, 0.29) is 23.8 Å². The van der Waals surface area contributed by atoms with E-state index in [1.54, 1.807) is 0 Å². The molecule has 1 amide bonds. The summed E-state index contributed by atoms with van der Waals surface area (Å²) in [5.41, 5.74) is 9.24. The Kier molecular flexibility index (Phi) is 5.43. The number of piperidine rings is 1. The van der Waals surface area contributed by atoms with Gasteiger partial charge in [0.05, 0.1) is 11.6 Å². The van der Waals surface area contributed by atoms with Gasteiger partial charge in [-0.25, -0.2) is 0 Å². The third-order valence-electron chi connectivity index (χ3n) is 5.61. The molecule has 1 aromatic heterocycles. The largest absolute Gasteiger partial charge is 0.342 e. The van der Waals surface area contributed by atoms with Crippen LogP contribution in [0.4, 0.5) is 0 Å². The molecule has 2 aliphatic heterocycles. The van der Waals surface area contributed by atoms with Crippen molar-refractivity contribution in [3.8, 4) is 11.3 Å². The molecular weight excluding hydrogens is 360 g/mol. The van der Waals surface area contributed by atoms with E-state index >= 15 is 0 Å². The van der Waals surface area contributed by atoms with Crippen LogP contribution in [0.5, 0.6) is 0 Å². The molecular formula is C21H25ClN4O. The maximum Gasteiger partial charge on any atom is 0.228 e. The summed E-state index contributed by atoms with van der Waals surface area (Å²) in [7, 11) is 0. The van der Waals surface area contributed by atoms with Crippen LogP contribution in [0, 0.1) is 5.92 Å². The van der Waals surface area contributed by atoms with Crippen molar-refractivity contribution in [2.45, 2.75) is 31.7 Å². The zero-order valence-electron chi connectivity index (χ0n) is 15.5. The fourth-order valence-electron chi connectivity index (χ4n) is 4.05. The molecule has 2 N–H and O–H groups in total. The summed E-state index contributed by atoms with van der Waals surface area (Å²) < 4.78 is 0. The van der Waals surface area contributed by atoms with Gasteiger partial charge >= 0.3 is 0 Å². The molecule has 4 rings (SSSR count). The van der Waals surface area contributed by atoms with E-state index in [1.807, 2.05) is 41.3 Å². The number of hydrazine groups is 1. The average molecular weight is 385 g/mol. The van der Waals surface area contributed by atoms with Gasteiger partial charge < -0.3 is 4.90 Å². The SMILES string of the molecule is CC1NNCC1C(=O)N1CCCC(c2cccc(-c3cccc(Cl)c3)n2)C1. The van der Waals surface area contributed by atoms with E-state index in [4.69, 9.17) is 16.6 Å². The second-order valence-electron chi connectivity index (χ2n) is 7.50. The molecule has 2 aromatic rings. The standard InChI is InChI=1S/C21H25ClN4O/c1-14-18(12-23-25-14)21(27)26-10-4-6-16(13-26)20-9-3-8-19(24-20)15-5-2-7-17(22)11-15/h2-3,5,7-9,11,14,16,18,23,25H,4,6,10,12-13H2,1H3. The van der Waals surface area contributed by atoms with Crippen LogP contribution in [0.15, 0.2) is 42.5 Å². The first-order chi connectivity index (χ1) is 13.1. The summed E-state index contributed by atoms with van der Waals surface area (Å²) in [5.74, 6) is 0.532. The maximum atomic E-state index is 12.9. The van der Waals surface area contributed by atoms with Crippen molar-refractivity contribution in [2.75, 3.05) is 19.6 Å². The van der Waals surface area contributed by atoms with Crippen LogP contribution in [0.1, 0.15) is 31.4 Å². The van der Waals surface area contributed by atoms with Crippen molar-refractivity contribution in [1.82, 2.24) is 20.7 Å². The van der Waals surface area contributed by atoms with Gasteiger partial charge in [0, 0.05) is 47.9 Å². The first kappa shape index (κ1) is 18.4. The molecule has 0 aliphatic carbocycles. The van der Waals surface area contributed by atoms with E-state index < -0.39 is 0 Å². The Balaban J connectivity index is 1.51. The van der Waals surface area contributed by atoms with Crippen molar-refractivity contribution in [3.05, 3.63) is 53.2 Å². The zero-order valence-corrected chi connectivity index (χ0v) is 16.2. The first-order valence-electron chi connectivity index (χ1n) is 9.62. The predicted octanol–water partition coefficient (Wildman–Crippen LogP) is 3.22. The Morgan fingerprint density at radius 2 is 2.11 bits per heavy atom. The molecule has 0 radical (unpaired) electrons. The molecule has 3 atom stereocenters. The number of likely N-dealkylation sites (tertiary alicyclic amines) is 1. The van der Waals surface area contributed by atoms with Crippen LogP contribution in [-0.2, 0) is 4.79 Å². The zero-order chi connectivity index (χ0) is 18.8. The van der Waals surface area contributed by atoms with Gasteiger partial charge in [0.2, 0.25) is 5.91 Å². The van der Waals surface area contributed by atoms with Crippen molar-refractivity contribution in [1.29, 1.82) is 0 Å². The number of rotatable bonds is 3. The van der Waals surface area contributed by atoms with Crippen LogP contribution >= 0.6 is 11.6 Å². The molecule has 0 bridgehead atoms. The minimum atomic E-state index is 0.00880. The number of hydrogen-bond acceptors (Lipinski definition) is 4. The summed E-state index contributed by atoms with van der Waals surface area (Å²) in [6, 6.07) is 14.1. The van der Waals surface area contributed by atoms with Crippen LogP contribution in [-0.4, -0.2) is 41.5 Å². The van der Waals surface area contributed by atoms with Gasteiger partial charge in [-0.15, -0.1) is 0 Å². The molecule has 1 aromatic carbocycles. The van der Waals surface area contributed by atoms with E-state index in [1.165, 1.54) is 0 Å². The van der Waals surface area contributed by atoms with Crippen molar-refractivity contribution < 1.29 is 4.79 Å². The first-order valence-corrected chi connectivity index (χ1v) is 9.99. The Labute approximate surface area is 165 Å². The third kappa shape index (κ3) is 4.00. The van der Waals surface area contributed by atoms with Crippen molar-refractivity contribution in [3.63, 3.8) is 0 Å². The second-order valence-corrected chi connectivity index (χ2v) is 7.94. The number of nitrogens with one attached hydrogen (secondary N) is 2. The van der Waals surface area contributed by atoms with Crippen LogP contribution in [0.3, 0.4) is 0 Å². The molecule has 2 saturated heterocycles. The van der Waals surface area contributed by atoms with Crippen molar-refractivity contribution >= 4 is 17.5 Å². The lowest BCUT2D eigenvalue weighted by Gasteiger charge is -2.34. The average Bonchev–Trinajstić information content (AvgIpc) is 3.13. The normalized spacial score (nSPS) is 25.6. The van der Waals surface area contributed by atoms with Gasteiger partial charge in [0.25, 0.3) is 0 Å². The number of pyridine rings is 1. The van der Waals surface area contributed by atoms with E-state index in [9.17, 15) is 4.79 Å². The van der Waals surface area contributed by atoms with Gasteiger partial charge in [0.1, 0.15) is 0 Å². The highest BCUT2D eigenvalue weighted by molar-refractivity contribution is 6.30. The Hall–Kier alpha value is -1.95. The molecule has 0 spiro atoms. The third-order valence-corrected chi connectivity index (χ3v) is 5.85. The van der Waals surface area contributed by atoms with Gasteiger partial charge in [-0.2, -0.15) is 0 Å². The molecule has 2 aliphatic rings. The number of benzene rings is 1. The molecule has 2 fully saturated rings. The minimum absolute atomic E-state index is 0.00880. The predicted molar refractivity (Wildman–Crippen MR) is 107 cm³/mol. The molecule has 3 heterocycles. The lowest BCUT2D eigenvalue weighted by Crippen LogP contribution is -2.45. The monoisotopic (exact) mass is 384 g/mol. The van der Waals surface area contributed by atoms with Crippen LogP contribution in [0.2, 0.25) is 5.02 Å². The summed E-state index contributed by atoms with van der Waals surface area (Å²) in [5, 5.41) is 0.710. The van der Waals surface area contributed by atoms with E-state index in [2.05, 4.69) is 23.8 Å². The highest BCUT2D eigenvalue weighted by Gasteiger charge is 2.35. The van der Waals surface area contributed by atoms with Gasteiger partial charge in [-0.05, 0) is 44.0 Å². The van der Waals surface area contributed by atoms with E-state index in [0.29, 0.717) is 11.6 Å². The fourth-order valence-corrected chi connectivity index (χ4v) is 4.24. The molecule has 0 saturated carbocycles. The lowest BCUT2D eigenvalue weighted by atomic mass is 9.92. The maximum absolute atomic E-state index is 12.9. The fraction of sp³-hybridized carbons (Fsp3) is 0.429. The number of aromatic nitrogens is 1. The number of amides is 1. The summed E-state index contributed by atoms with van der Waals surface area (Å²) in [4.78, 5) is 19.8. The lowest BCUT2D eigenvalue weighted by molar-refractivity contribution is -0.136. The van der Waals surface area contributed by atoms with Gasteiger partial charge in [-0.1, -0.05) is 29.8 Å². The van der Waals surface area contributed by atoms with Crippen LogP contribution in [0.25, 0.3) is 11.3 Å². The quantitative estimate of drug-likeness (QED) is 0.853. The Morgan fingerprint density at radius 3 is 2.89 bits per heavy atom. The molecule has 5 nitrogen and oxygen atoms in total. The highest BCUT2D eigenvalue weighted by atomic mass is 35.5. The Morgan fingerprint density at radius 1 is 1.26 bits per heavy atom. The molecule has 27 heavy (non-hydrogen) atoms. The number of halogens is 1. The summed E-state index contributed by atoms with van der Waals surface area (Å²) >= 11 is 6.13. The van der Waals surface area contributed by atoms with Gasteiger partial charge in [-0.3, -0.25) is 20.6 Å². The summed E-state index contributed by atoms with van der Waals surface area (Å²) in [6.45, 7) is 4.34. The topological polar surface area (TPSA) is 57.3 Å². The van der Waals surface area contributed by atoms with Crippen molar-refractivity contribution in [2.24, 2.45) is 5.92 Å². The number of nitrogens with zero attached hydrogens (tertiary/aromatic N) is 2. The highest BCUT2D eigenvalue weighted by Crippen LogP contribution is 2.29. The Bertz CT molecular complexity index is 827. The number of carbonyl (C=O) groups excluding carboxylic acids is 1. The molecule has 142 valence electrons. The number of hydrogen-bond donors (Lipinski definition) is 2.